The molecule has 0 unspecified atom stereocenters. The number of hydrogen-bond acceptors (Lipinski definition) is 4. The van der Waals surface area contributed by atoms with Gasteiger partial charge in [0.25, 0.3) is 0 Å². The first-order valence-corrected chi connectivity index (χ1v) is 5.53. The summed E-state index contributed by atoms with van der Waals surface area (Å²) in [5.41, 5.74) is 0.407. The van der Waals surface area contributed by atoms with Gasteiger partial charge < -0.3 is 4.74 Å². The fourth-order valence-corrected chi connectivity index (χ4v) is 2.49. The lowest BCUT2D eigenvalue weighted by molar-refractivity contribution is -0.148. The summed E-state index contributed by atoms with van der Waals surface area (Å²) in [6.45, 7) is 2.34. The summed E-state index contributed by atoms with van der Waals surface area (Å²) in [4.78, 5) is 24.1. The Morgan fingerprint density at radius 3 is 3.21 bits per heavy atom. The van der Waals surface area contributed by atoms with Gasteiger partial charge in [-0.1, -0.05) is 6.92 Å². The molecule has 0 saturated carbocycles. The molecule has 4 nitrogen and oxygen atoms in total. The fourth-order valence-electron chi connectivity index (χ4n) is 1.40. The van der Waals surface area contributed by atoms with Gasteiger partial charge in [-0.05, 0) is 6.42 Å². The van der Waals surface area contributed by atoms with Crippen LogP contribution in [0.25, 0.3) is 0 Å². The van der Waals surface area contributed by atoms with E-state index in [1.54, 1.807) is 5.41 Å². The Bertz CT molecular complexity index is 313. The van der Waals surface area contributed by atoms with Crippen LogP contribution in [0.2, 0.25) is 0 Å². The van der Waals surface area contributed by atoms with Gasteiger partial charge in [0.05, 0.1) is 18.4 Å². The smallest absolute Gasteiger partial charge is 0.355 e. The highest BCUT2D eigenvalue weighted by Crippen LogP contribution is 2.40. The Morgan fingerprint density at radius 1 is 1.79 bits per heavy atom. The van der Waals surface area contributed by atoms with E-state index in [9.17, 15) is 9.59 Å². The molecular formula is C9H11NO3S. The summed E-state index contributed by atoms with van der Waals surface area (Å²) in [5.74, 6) is -0.366. The molecule has 2 aliphatic heterocycles. The number of amides is 1. The topological polar surface area (TPSA) is 46.6 Å². The summed E-state index contributed by atoms with van der Waals surface area (Å²) >= 11 is 1.51. The summed E-state index contributed by atoms with van der Waals surface area (Å²) in [7, 11) is 0. The molecule has 2 rings (SSSR count). The molecule has 0 radical (unpaired) electrons. The van der Waals surface area contributed by atoms with Gasteiger partial charge in [-0.3, -0.25) is 9.69 Å². The number of ether oxygens (including phenoxy) is 1. The molecule has 0 bridgehead atoms. The van der Waals surface area contributed by atoms with E-state index in [4.69, 9.17) is 4.74 Å². The van der Waals surface area contributed by atoms with Crippen LogP contribution in [0.1, 0.15) is 19.8 Å². The highest BCUT2D eigenvalue weighted by atomic mass is 32.2. The molecule has 0 spiro atoms. The summed E-state index contributed by atoms with van der Waals surface area (Å²) in [6, 6.07) is 0. The number of esters is 1. The second-order valence-electron chi connectivity index (χ2n) is 3.20. The molecule has 0 aromatic rings. The molecule has 14 heavy (non-hydrogen) atoms. The van der Waals surface area contributed by atoms with Gasteiger partial charge in [0.1, 0.15) is 5.70 Å². The van der Waals surface area contributed by atoms with Crippen molar-refractivity contribution in [2.45, 2.75) is 25.1 Å². The lowest BCUT2D eigenvalue weighted by atomic mass is 10.2. The molecule has 1 atom stereocenters. The first kappa shape index (κ1) is 9.58. The van der Waals surface area contributed by atoms with E-state index in [0.29, 0.717) is 18.7 Å². The number of thioether (sulfide) groups is 1. The maximum absolute atomic E-state index is 11.4. The fraction of sp³-hybridized carbons (Fsp3) is 0.556. The zero-order valence-corrected chi connectivity index (χ0v) is 8.67. The number of β-lactam (4-membered cyclic amide) rings is 1. The van der Waals surface area contributed by atoms with Crippen molar-refractivity contribution in [3.8, 4) is 0 Å². The normalized spacial score (nSPS) is 24.1. The first-order valence-electron chi connectivity index (χ1n) is 4.59. The van der Waals surface area contributed by atoms with E-state index in [1.807, 2.05) is 6.92 Å². The number of carbonyl (C=O) groups is 2. The maximum Gasteiger partial charge on any atom is 0.355 e. The Kier molecular flexibility index (Phi) is 2.50. The van der Waals surface area contributed by atoms with Crippen molar-refractivity contribution in [1.29, 1.82) is 0 Å². The van der Waals surface area contributed by atoms with E-state index in [0.717, 1.165) is 6.42 Å². The average molecular weight is 213 g/mol. The van der Waals surface area contributed by atoms with Crippen molar-refractivity contribution in [1.82, 2.24) is 4.90 Å². The third kappa shape index (κ3) is 1.41. The monoisotopic (exact) mass is 213 g/mol. The average Bonchev–Trinajstić information content (AvgIpc) is 2.51. The molecule has 5 heteroatoms. The molecule has 1 saturated heterocycles. The third-order valence-corrected chi connectivity index (χ3v) is 3.20. The molecule has 76 valence electrons. The van der Waals surface area contributed by atoms with Gasteiger partial charge in [0.15, 0.2) is 0 Å². The number of hydrogen-bond donors (Lipinski definition) is 0. The summed E-state index contributed by atoms with van der Waals surface area (Å²) in [6.07, 6.45) is 1.33. The number of rotatable bonds is 3. The zero-order valence-electron chi connectivity index (χ0n) is 7.86. The standard InChI is InChI=1S/C9H11NO3S/c1-2-3-13-9(12)6-5-14-8-4-7(11)10(6)8/h5,8H,2-4H2,1H3/t8-/m1/s1. The van der Waals surface area contributed by atoms with Crippen LogP contribution >= 0.6 is 11.8 Å². The van der Waals surface area contributed by atoms with E-state index < -0.39 is 0 Å². The highest BCUT2D eigenvalue weighted by Gasteiger charge is 2.45. The SMILES string of the molecule is CCCOC(=O)C1=CS[C@@H]2CC(=O)N12. The Balaban J connectivity index is 1.98. The molecule has 0 aromatic carbocycles. The largest absolute Gasteiger partial charge is 0.461 e. The molecule has 1 fully saturated rings. The van der Waals surface area contributed by atoms with Crippen LogP contribution in [0.3, 0.4) is 0 Å². The minimum absolute atomic E-state index is 0.0136. The number of fused-ring (bicyclic) bond motifs is 1. The van der Waals surface area contributed by atoms with Crippen LogP contribution in [0.15, 0.2) is 11.1 Å². The van der Waals surface area contributed by atoms with Crippen LogP contribution in [0.4, 0.5) is 0 Å². The Labute approximate surface area is 86.3 Å². The minimum Gasteiger partial charge on any atom is -0.461 e. The first-order chi connectivity index (χ1) is 6.74. The summed E-state index contributed by atoms with van der Waals surface area (Å²) in [5, 5.41) is 1.86. The zero-order chi connectivity index (χ0) is 10.1. The van der Waals surface area contributed by atoms with Gasteiger partial charge in [0, 0.05) is 5.41 Å². The quantitative estimate of drug-likeness (QED) is 0.520. The Morgan fingerprint density at radius 2 is 2.57 bits per heavy atom. The maximum atomic E-state index is 11.4. The summed E-state index contributed by atoms with van der Waals surface area (Å²) < 4.78 is 4.96. The number of carbonyl (C=O) groups excluding carboxylic acids is 2. The van der Waals surface area contributed by atoms with Crippen molar-refractivity contribution in [3.05, 3.63) is 11.1 Å². The lowest BCUT2D eigenvalue weighted by Gasteiger charge is -2.34. The molecule has 2 heterocycles. The van der Waals surface area contributed by atoms with Gasteiger partial charge in [-0.2, -0.15) is 0 Å². The van der Waals surface area contributed by atoms with Gasteiger partial charge >= 0.3 is 5.97 Å². The van der Waals surface area contributed by atoms with E-state index in [2.05, 4.69) is 0 Å². The second-order valence-corrected chi connectivity index (χ2v) is 4.25. The molecular weight excluding hydrogens is 202 g/mol. The molecule has 0 aliphatic carbocycles. The van der Waals surface area contributed by atoms with E-state index >= 15 is 0 Å². The molecule has 0 N–H and O–H groups in total. The van der Waals surface area contributed by atoms with Gasteiger partial charge in [-0.25, -0.2) is 4.79 Å². The van der Waals surface area contributed by atoms with Crippen molar-refractivity contribution >= 4 is 23.6 Å². The van der Waals surface area contributed by atoms with Crippen LogP contribution in [0, 0.1) is 0 Å². The van der Waals surface area contributed by atoms with Crippen molar-refractivity contribution in [3.63, 3.8) is 0 Å². The predicted octanol–water partition coefficient (Wildman–Crippen LogP) is 1.09. The van der Waals surface area contributed by atoms with Crippen molar-refractivity contribution in [2.24, 2.45) is 0 Å². The highest BCUT2D eigenvalue weighted by molar-refractivity contribution is 8.03. The minimum atomic E-state index is -0.380. The molecule has 0 aromatic heterocycles. The van der Waals surface area contributed by atoms with Crippen LogP contribution in [-0.2, 0) is 14.3 Å². The lowest BCUT2D eigenvalue weighted by Crippen LogP contribution is -2.48. The van der Waals surface area contributed by atoms with Crippen LogP contribution in [-0.4, -0.2) is 28.8 Å². The Hall–Kier alpha value is -0.970. The predicted molar refractivity (Wildman–Crippen MR) is 52.2 cm³/mol. The van der Waals surface area contributed by atoms with E-state index in [-0.39, 0.29) is 17.3 Å². The van der Waals surface area contributed by atoms with Crippen molar-refractivity contribution < 1.29 is 14.3 Å². The van der Waals surface area contributed by atoms with Gasteiger partial charge in [0.2, 0.25) is 5.91 Å². The third-order valence-electron chi connectivity index (χ3n) is 2.15. The molecule has 2 aliphatic rings. The number of nitrogens with zero attached hydrogens (tertiary/aromatic N) is 1. The van der Waals surface area contributed by atoms with Crippen LogP contribution < -0.4 is 0 Å². The molecule has 1 amide bonds. The van der Waals surface area contributed by atoms with E-state index in [1.165, 1.54) is 16.7 Å². The second kappa shape index (κ2) is 3.65. The van der Waals surface area contributed by atoms with Crippen molar-refractivity contribution in [2.75, 3.05) is 6.61 Å². The van der Waals surface area contributed by atoms with Gasteiger partial charge in [-0.15, -0.1) is 11.8 Å². The van der Waals surface area contributed by atoms with Crippen LogP contribution in [0.5, 0.6) is 0 Å².